The molecule has 0 fully saturated rings. The Kier molecular flexibility index (Phi) is 3.39. The highest BCUT2D eigenvalue weighted by Crippen LogP contribution is 2.31. The molecule has 0 aliphatic rings. The van der Waals surface area contributed by atoms with Crippen LogP contribution >= 0.6 is 0 Å². The lowest BCUT2D eigenvalue weighted by atomic mass is 9.95. The van der Waals surface area contributed by atoms with Gasteiger partial charge in [-0.15, -0.1) is 0 Å². The minimum Gasteiger partial charge on any atom is -0.330 e. The minimum atomic E-state index is -0.353. The molecule has 4 heteroatoms. The predicted molar refractivity (Wildman–Crippen MR) is 77.7 cm³/mol. The second-order valence-corrected chi connectivity index (χ2v) is 4.61. The molecule has 0 saturated carbocycles. The van der Waals surface area contributed by atoms with Crippen molar-refractivity contribution in [1.29, 1.82) is 0 Å². The van der Waals surface area contributed by atoms with E-state index in [4.69, 9.17) is 5.73 Å². The minimum absolute atomic E-state index is 0.353. The van der Waals surface area contributed by atoms with E-state index in [-0.39, 0.29) is 5.82 Å². The monoisotopic (exact) mass is 267 g/mol. The fourth-order valence-corrected chi connectivity index (χ4v) is 2.42. The number of hydrogen-bond acceptors (Lipinski definition) is 3. The Labute approximate surface area is 116 Å². The van der Waals surface area contributed by atoms with Crippen molar-refractivity contribution in [2.24, 2.45) is 5.73 Å². The average molecular weight is 267 g/mol. The molecule has 0 unspecified atom stereocenters. The summed E-state index contributed by atoms with van der Waals surface area (Å²) in [5.74, 6) is -0.353. The van der Waals surface area contributed by atoms with Crippen molar-refractivity contribution in [3.8, 4) is 11.1 Å². The molecule has 0 amide bonds. The van der Waals surface area contributed by atoms with Crippen LogP contribution in [0.4, 0.5) is 4.39 Å². The molecule has 0 spiro atoms. The highest BCUT2D eigenvalue weighted by molar-refractivity contribution is 5.95. The van der Waals surface area contributed by atoms with Crippen molar-refractivity contribution >= 4 is 10.9 Å². The smallest absolute Gasteiger partial charge is 0.142 e. The van der Waals surface area contributed by atoms with Gasteiger partial charge in [-0.05, 0) is 30.7 Å². The Balaban J connectivity index is 2.32. The van der Waals surface area contributed by atoms with E-state index in [0.29, 0.717) is 6.54 Å². The van der Waals surface area contributed by atoms with Gasteiger partial charge in [-0.3, -0.25) is 9.97 Å². The van der Waals surface area contributed by atoms with Crippen LogP contribution in [0.5, 0.6) is 0 Å². The van der Waals surface area contributed by atoms with Crippen LogP contribution in [0.15, 0.2) is 48.9 Å². The maximum absolute atomic E-state index is 13.5. The normalized spacial score (nSPS) is 10.9. The molecule has 0 aliphatic heterocycles. The van der Waals surface area contributed by atoms with Gasteiger partial charge in [0.25, 0.3) is 0 Å². The van der Waals surface area contributed by atoms with Crippen LogP contribution in [0.25, 0.3) is 22.0 Å². The predicted octanol–water partition coefficient (Wildman–Crippen LogP) is 2.94. The van der Waals surface area contributed by atoms with E-state index in [1.807, 2.05) is 24.3 Å². The van der Waals surface area contributed by atoms with Crippen molar-refractivity contribution < 1.29 is 4.39 Å². The van der Waals surface area contributed by atoms with E-state index < -0.39 is 0 Å². The summed E-state index contributed by atoms with van der Waals surface area (Å²) in [6.07, 6.45) is 5.32. The van der Waals surface area contributed by atoms with Crippen LogP contribution in [0.2, 0.25) is 0 Å². The molecule has 0 radical (unpaired) electrons. The van der Waals surface area contributed by atoms with E-state index in [1.54, 1.807) is 12.4 Å². The maximum atomic E-state index is 13.5. The maximum Gasteiger partial charge on any atom is 0.142 e. The molecule has 1 aromatic carbocycles. The number of fused-ring (bicyclic) bond motifs is 1. The molecule has 2 aromatic heterocycles. The number of aromatic nitrogens is 2. The van der Waals surface area contributed by atoms with Crippen LogP contribution < -0.4 is 5.73 Å². The van der Waals surface area contributed by atoms with E-state index >= 15 is 0 Å². The zero-order valence-electron chi connectivity index (χ0n) is 10.9. The van der Waals surface area contributed by atoms with Crippen LogP contribution in [-0.4, -0.2) is 16.5 Å². The van der Waals surface area contributed by atoms with Crippen LogP contribution in [0.3, 0.4) is 0 Å². The fourth-order valence-electron chi connectivity index (χ4n) is 2.42. The summed E-state index contributed by atoms with van der Waals surface area (Å²) in [6, 6.07) is 9.40. The van der Waals surface area contributed by atoms with Gasteiger partial charge in [0.15, 0.2) is 0 Å². The van der Waals surface area contributed by atoms with Crippen molar-refractivity contribution in [1.82, 2.24) is 9.97 Å². The number of hydrogen-bond donors (Lipinski definition) is 1. The SMILES string of the molecule is NCCc1ccc2cccnc2c1-c1cncc(F)c1. The number of nitrogens with zero attached hydrogens (tertiary/aromatic N) is 2. The van der Waals surface area contributed by atoms with Gasteiger partial charge in [0.1, 0.15) is 5.82 Å². The molecule has 0 saturated heterocycles. The number of pyridine rings is 2. The van der Waals surface area contributed by atoms with Gasteiger partial charge < -0.3 is 5.73 Å². The topological polar surface area (TPSA) is 51.8 Å². The van der Waals surface area contributed by atoms with Crippen LogP contribution in [0.1, 0.15) is 5.56 Å². The van der Waals surface area contributed by atoms with E-state index in [9.17, 15) is 4.39 Å². The molecule has 0 bridgehead atoms. The highest BCUT2D eigenvalue weighted by Gasteiger charge is 2.11. The van der Waals surface area contributed by atoms with Crippen molar-refractivity contribution in [3.05, 3.63) is 60.3 Å². The Morgan fingerprint density at radius 3 is 2.85 bits per heavy atom. The Morgan fingerprint density at radius 2 is 2.05 bits per heavy atom. The first kappa shape index (κ1) is 12.7. The quantitative estimate of drug-likeness (QED) is 0.793. The van der Waals surface area contributed by atoms with Gasteiger partial charge in [0.05, 0.1) is 11.7 Å². The molecule has 20 heavy (non-hydrogen) atoms. The van der Waals surface area contributed by atoms with Gasteiger partial charge in [-0.1, -0.05) is 18.2 Å². The van der Waals surface area contributed by atoms with Gasteiger partial charge in [0, 0.05) is 28.9 Å². The summed E-state index contributed by atoms with van der Waals surface area (Å²) in [5.41, 5.74) is 9.24. The number of nitrogens with two attached hydrogens (primary N) is 1. The molecule has 0 atom stereocenters. The molecular formula is C16H14FN3. The summed E-state index contributed by atoms with van der Waals surface area (Å²) in [6.45, 7) is 0.536. The lowest BCUT2D eigenvalue weighted by Gasteiger charge is -2.12. The molecule has 3 nitrogen and oxygen atoms in total. The van der Waals surface area contributed by atoms with E-state index in [2.05, 4.69) is 9.97 Å². The van der Waals surface area contributed by atoms with Crippen LogP contribution in [0, 0.1) is 5.82 Å². The molecule has 2 N–H and O–H groups in total. The zero-order valence-corrected chi connectivity index (χ0v) is 10.9. The third kappa shape index (κ3) is 2.26. The first-order valence-corrected chi connectivity index (χ1v) is 6.47. The third-order valence-corrected chi connectivity index (χ3v) is 3.27. The highest BCUT2D eigenvalue weighted by atomic mass is 19.1. The number of rotatable bonds is 3. The summed E-state index contributed by atoms with van der Waals surface area (Å²) in [4.78, 5) is 8.37. The molecular weight excluding hydrogens is 253 g/mol. The second-order valence-electron chi connectivity index (χ2n) is 4.61. The van der Waals surface area contributed by atoms with Crippen LogP contribution in [-0.2, 0) is 6.42 Å². The fraction of sp³-hybridized carbons (Fsp3) is 0.125. The Bertz CT molecular complexity index is 756. The van der Waals surface area contributed by atoms with E-state index in [1.165, 1.54) is 12.3 Å². The molecule has 2 heterocycles. The van der Waals surface area contributed by atoms with Gasteiger partial charge >= 0.3 is 0 Å². The molecule has 0 aliphatic carbocycles. The standard InChI is InChI=1S/C16H14FN3/c17-14-8-13(9-19-10-14)15-11(5-6-18)3-4-12-2-1-7-20-16(12)15/h1-4,7-10H,5-6,18H2. The Morgan fingerprint density at radius 1 is 1.15 bits per heavy atom. The first-order chi connectivity index (χ1) is 9.79. The summed E-state index contributed by atoms with van der Waals surface area (Å²) in [7, 11) is 0. The van der Waals surface area contributed by atoms with Crippen molar-refractivity contribution in [2.45, 2.75) is 6.42 Å². The third-order valence-electron chi connectivity index (χ3n) is 3.27. The largest absolute Gasteiger partial charge is 0.330 e. The van der Waals surface area contributed by atoms with Gasteiger partial charge in [0.2, 0.25) is 0 Å². The van der Waals surface area contributed by atoms with Gasteiger partial charge in [-0.2, -0.15) is 0 Å². The second kappa shape index (κ2) is 5.35. The summed E-state index contributed by atoms with van der Waals surface area (Å²) >= 11 is 0. The van der Waals surface area contributed by atoms with Gasteiger partial charge in [-0.25, -0.2) is 4.39 Å². The summed E-state index contributed by atoms with van der Waals surface area (Å²) < 4.78 is 13.5. The molecule has 100 valence electrons. The first-order valence-electron chi connectivity index (χ1n) is 6.47. The number of benzene rings is 1. The van der Waals surface area contributed by atoms with Crippen molar-refractivity contribution in [2.75, 3.05) is 6.54 Å². The molecule has 3 rings (SSSR count). The number of halogens is 1. The lowest BCUT2D eigenvalue weighted by molar-refractivity contribution is 0.622. The summed E-state index contributed by atoms with van der Waals surface area (Å²) in [5, 5.41) is 1.02. The lowest BCUT2D eigenvalue weighted by Crippen LogP contribution is -2.04. The molecule has 3 aromatic rings. The van der Waals surface area contributed by atoms with Crippen molar-refractivity contribution in [3.63, 3.8) is 0 Å². The Hall–Kier alpha value is -2.33. The average Bonchev–Trinajstić information content (AvgIpc) is 2.47. The van der Waals surface area contributed by atoms with E-state index in [0.717, 1.165) is 34.0 Å². The zero-order chi connectivity index (χ0) is 13.9.